The minimum atomic E-state index is -5.55. The quantitative estimate of drug-likeness (QED) is 0.0654. The van der Waals surface area contributed by atoms with Crippen molar-refractivity contribution in [2.45, 2.75) is 48.8 Å². The number of hydrogen-bond acceptors (Lipinski definition) is 14. The van der Waals surface area contributed by atoms with E-state index < -0.39 is 101 Å². The monoisotopic (exact) mass is 628 g/mol. The van der Waals surface area contributed by atoms with Crippen molar-refractivity contribution in [2.24, 2.45) is 0 Å². The molecule has 8 N–H and O–H groups in total. The van der Waals surface area contributed by atoms with Crippen LogP contribution in [-0.2, 0) is 55.0 Å². The van der Waals surface area contributed by atoms with E-state index in [9.17, 15) is 48.8 Å². The van der Waals surface area contributed by atoms with Gasteiger partial charge in [0.25, 0.3) is 21.0 Å². The molecule has 1 atom stereocenters. The molecule has 0 aliphatic rings. The van der Waals surface area contributed by atoms with Crippen LogP contribution in [0, 0.1) is 0 Å². The maximum absolute atomic E-state index is 11.0. The summed E-state index contributed by atoms with van der Waals surface area (Å²) in [5, 5.41) is 48.2. The number of carboxylic acids is 6. The van der Waals surface area contributed by atoms with Crippen LogP contribution in [0.5, 0.6) is 0 Å². The maximum Gasteiger partial charge on any atom is 2.00 e. The molecule has 35 heavy (non-hydrogen) atoms. The maximum atomic E-state index is 11.0. The summed E-state index contributed by atoms with van der Waals surface area (Å²) < 4.78 is 0. The average Bonchev–Trinajstić information content (AvgIpc) is 2.58. The molecule has 1 unspecified atom stereocenters. The summed E-state index contributed by atoms with van der Waals surface area (Å²) in [7, 11) is -11.0. The third kappa shape index (κ3) is 10.1. The molecule has 0 aromatic heterocycles. The summed E-state index contributed by atoms with van der Waals surface area (Å²) in [6.07, 6.45) is -4.38. The molecule has 0 aliphatic carbocycles. The van der Waals surface area contributed by atoms with E-state index in [1.807, 2.05) is 0 Å². The summed E-state index contributed by atoms with van der Waals surface area (Å²) >= 11 is 0. The van der Waals surface area contributed by atoms with Gasteiger partial charge in [0.05, 0.1) is 0 Å². The van der Waals surface area contributed by atoms with Gasteiger partial charge in [-0.05, 0) is 19.3 Å². The van der Waals surface area contributed by atoms with Gasteiger partial charge in [0.2, 0.25) is 0 Å². The van der Waals surface area contributed by atoms with Gasteiger partial charge in [-0.15, -0.1) is 0 Å². The van der Waals surface area contributed by atoms with E-state index >= 15 is 0 Å². The van der Waals surface area contributed by atoms with E-state index in [1.165, 1.54) is 0 Å². The van der Waals surface area contributed by atoms with E-state index in [2.05, 4.69) is 0 Å². The van der Waals surface area contributed by atoms with E-state index in [-0.39, 0.29) is 26.2 Å². The second kappa shape index (κ2) is 14.8. The van der Waals surface area contributed by atoms with Gasteiger partial charge in [0, 0.05) is 25.2 Å². The number of rotatable bonds is 14. The first-order chi connectivity index (χ1) is 15.1. The van der Waals surface area contributed by atoms with Crippen molar-refractivity contribution < 1.29 is 115 Å². The molecule has 0 rings (SSSR count). The molecule has 0 heterocycles. The second-order valence-electron chi connectivity index (χ2n) is 6.48. The first-order valence-electron chi connectivity index (χ1n) is 8.55. The largest absolute Gasteiger partial charge is 2.00 e. The minimum absolute atomic E-state index is 0. The molecule has 0 radical (unpaired) electrons. The van der Waals surface area contributed by atoms with Crippen molar-refractivity contribution >= 4 is 51.7 Å². The molecule has 0 bridgehead atoms. The Bertz CT molecular complexity index is 706. The van der Waals surface area contributed by atoms with Crippen molar-refractivity contribution in [3.63, 3.8) is 0 Å². The second-order valence-corrected chi connectivity index (χ2v) is 10.2. The van der Waals surface area contributed by atoms with Gasteiger partial charge < -0.3 is 50.0 Å². The number of carboxylic acid groups (broad SMARTS) is 6. The van der Waals surface area contributed by atoms with Gasteiger partial charge in [-0.25, -0.2) is 34.0 Å². The topological polar surface area (TPSA) is 356 Å². The molecular formula is C14H20O18P2Zr. The van der Waals surface area contributed by atoms with Gasteiger partial charge in [0.1, 0.15) is 5.97 Å². The van der Waals surface area contributed by atoms with Crippen molar-refractivity contribution in [1.82, 2.24) is 0 Å². The van der Waals surface area contributed by atoms with Crippen LogP contribution in [0.3, 0.4) is 0 Å². The Labute approximate surface area is 215 Å². The van der Waals surface area contributed by atoms with E-state index in [0.29, 0.717) is 0 Å². The summed E-state index contributed by atoms with van der Waals surface area (Å²) in [4.78, 5) is 120. The van der Waals surface area contributed by atoms with Crippen molar-refractivity contribution in [3.8, 4) is 0 Å². The fourth-order valence-electron chi connectivity index (χ4n) is 2.37. The Balaban J connectivity index is -0.000000569. The van der Waals surface area contributed by atoms with Crippen LogP contribution < -0.4 is 20.0 Å². The standard InChI is InChI=1S/2C7H11O9P.Zr/c2*8-4(9)2-1-3-7(5(10)11,6(12)13)17(14,15)16;/h2*1-3H2,(H,8,9)(H,10,11)(H,12,13)(H2,14,15,16);/q;;+2/p-2. The fourth-order valence-corrected chi connectivity index (χ4v) is 4.25. The van der Waals surface area contributed by atoms with Crippen molar-refractivity contribution in [2.75, 3.05) is 0 Å². The van der Waals surface area contributed by atoms with E-state index in [0.717, 1.165) is 0 Å². The predicted octanol–water partition coefficient (Wildman–Crippen LogP) is -6.16. The van der Waals surface area contributed by atoms with Crippen molar-refractivity contribution in [3.05, 3.63) is 0 Å². The third-order valence-electron chi connectivity index (χ3n) is 4.24. The SMILES string of the molecule is O=C(O)CCCC(C(=O)O)(C(=O)O)[P+]([O-])(O)O.O=C([O-])CCCC(C(=O)[O-])(C(=O)O)[P+]([O-])(O)O.[Zr+2]. The average molecular weight is 629 g/mol. The third-order valence-corrected chi connectivity index (χ3v) is 7.43. The number of aliphatic carboxylic acids is 6. The van der Waals surface area contributed by atoms with Crippen LogP contribution in [0.15, 0.2) is 0 Å². The molecule has 0 fully saturated rings. The zero-order valence-electron chi connectivity index (χ0n) is 17.3. The zero-order chi connectivity index (χ0) is 27.7. The van der Waals surface area contributed by atoms with Crippen LogP contribution in [0.25, 0.3) is 0 Å². The molecule has 0 aromatic rings. The number of carbonyl (C=O) groups is 6. The first-order valence-corrected chi connectivity index (χ1v) is 11.8. The summed E-state index contributed by atoms with van der Waals surface area (Å²) in [6.45, 7) is 0. The van der Waals surface area contributed by atoms with Crippen LogP contribution in [0.1, 0.15) is 38.5 Å². The van der Waals surface area contributed by atoms with Crippen LogP contribution in [-0.4, -0.2) is 86.1 Å². The van der Waals surface area contributed by atoms with Crippen LogP contribution >= 0.6 is 15.9 Å². The van der Waals surface area contributed by atoms with Gasteiger partial charge in [-0.1, -0.05) is 0 Å². The minimum Gasteiger partial charge on any atom is -0.631 e. The smallest absolute Gasteiger partial charge is 0.631 e. The van der Waals surface area contributed by atoms with E-state index in [1.54, 1.807) is 0 Å². The van der Waals surface area contributed by atoms with Crippen LogP contribution in [0.2, 0.25) is 0 Å². The Hall–Kier alpha value is -1.68. The van der Waals surface area contributed by atoms with Gasteiger partial charge in [0.15, 0.2) is 0 Å². The van der Waals surface area contributed by atoms with Gasteiger partial charge >= 0.3 is 55.2 Å². The molecule has 0 amide bonds. The molecule has 0 saturated carbocycles. The zero-order valence-corrected chi connectivity index (χ0v) is 21.5. The Morgan fingerprint density at radius 2 is 0.943 bits per heavy atom. The molecule has 18 nitrogen and oxygen atoms in total. The Morgan fingerprint density at radius 1 is 0.629 bits per heavy atom. The molecule has 198 valence electrons. The number of hydrogen-bond donors (Lipinski definition) is 8. The fraction of sp³-hybridized carbons (Fsp3) is 0.571. The van der Waals surface area contributed by atoms with Crippen molar-refractivity contribution in [1.29, 1.82) is 0 Å². The van der Waals surface area contributed by atoms with Crippen LogP contribution in [0.4, 0.5) is 0 Å². The van der Waals surface area contributed by atoms with Gasteiger partial charge in [-0.2, -0.15) is 0 Å². The Morgan fingerprint density at radius 3 is 1.17 bits per heavy atom. The normalized spacial score (nSPS) is 13.2. The number of carbonyl (C=O) groups excluding carboxylic acids is 2. The van der Waals surface area contributed by atoms with Gasteiger partial charge in [-0.3, -0.25) is 4.79 Å². The Kier molecular flexibility index (Phi) is 16.0. The van der Waals surface area contributed by atoms with E-state index in [4.69, 9.17) is 40.0 Å². The summed E-state index contributed by atoms with van der Waals surface area (Å²) in [5.74, 6) is -12.0. The molecule has 0 spiro atoms. The first kappa shape index (κ1) is 37.9. The predicted molar refractivity (Wildman–Crippen MR) is 96.4 cm³/mol. The molecule has 0 saturated heterocycles. The summed E-state index contributed by atoms with van der Waals surface area (Å²) in [5.41, 5.74) is 0. The molecular weight excluding hydrogens is 609 g/mol. The molecule has 0 aromatic carbocycles. The molecule has 21 heteroatoms. The summed E-state index contributed by atoms with van der Waals surface area (Å²) in [6, 6.07) is 0. The molecule has 0 aliphatic heterocycles.